The highest BCUT2D eigenvalue weighted by molar-refractivity contribution is 7.99. The van der Waals surface area contributed by atoms with Gasteiger partial charge in [-0.25, -0.2) is 0 Å². The monoisotopic (exact) mass is 421 g/mol. The lowest BCUT2D eigenvalue weighted by atomic mass is 9.87. The van der Waals surface area contributed by atoms with Crippen molar-refractivity contribution >= 4 is 40.0 Å². The van der Waals surface area contributed by atoms with E-state index in [-0.39, 0.29) is 22.6 Å². The number of hydrogen-bond acceptors (Lipinski definition) is 5. The Labute approximate surface area is 178 Å². The number of rotatable bonds is 4. The lowest BCUT2D eigenvalue weighted by molar-refractivity contribution is -0.113. The van der Waals surface area contributed by atoms with E-state index < -0.39 is 0 Å². The number of benzene rings is 2. The van der Waals surface area contributed by atoms with Gasteiger partial charge in [0, 0.05) is 12.7 Å². The minimum Gasteiger partial charge on any atom is -0.325 e. The number of fused-ring (bicyclic) bond motifs is 3. The summed E-state index contributed by atoms with van der Waals surface area (Å²) in [5.41, 5.74) is 2.63. The molecule has 30 heavy (non-hydrogen) atoms. The molecule has 0 radical (unpaired) electrons. The van der Waals surface area contributed by atoms with Crippen LogP contribution in [0.25, 0.3) is 16.7 Å². The molecule has 4 rings (SSSR count). The molecule has 2 heterocycles. The van der Waals surface area contributed by atoms with Crippen molar-refractivity contribution in [1.82, 2.24) is 19.2 Å². The van der Waals surface area contributed by atoms with E-state index in [9.17, 15) is 9.59 Å². The molecule has 0 aliphatic heterocycles. The standard InChI is InChI=1S/C22H23N5O2S/c1-22(2,3)14-9-11-15(12-10-14)23-18(28)13-30-21-25-24-20-26(4)19(29)16-7-5-6-8-17(16)27(20)21/h5-12H,13H2,1-4H3,(H,23,28). The first kappa shape index (κ1) is 20.2. The van der Waals surface area contributed by atoms with E-state index in [1.807, 2.05) is 46.9 Å². The first-order valence-electron chi connectivity index (χ1n) is 9.62. The van der Waals surface area contributed by atoms with Crippen molar-refractivity contribution in [2.24, 2.45) is 7.05 Å². The maximum atomic E-state index is 12.5. The number of aryl methyl sites for hydroxylation is 1. The molecular formula is C22H23N5O2S. The number of aromatic nitrogens is 4. The molecule has 4 aromatic rings. The summed E-state index contributed by atoms with van der Waals surface area (Å²) in [5, 5.41) is 12.4. The summed E-state index contributed by atoms with van der Waals surface area (Å²) in [4.78, 5) is 25.0. The number of anilines is 1. The number of hydrogen-bond donors (Lipinski definition) is 1. The minimum absolute atomic E-state index is 0.0655. The second kappa shape index (κ2) is 7.60. The van der Waals surface area contributed by atoms with Crippen LogP contribution < -0.4 is 10.9 Å². The molecule has 7 nitrogen and oxygen atoms in total. The Balaban J connectivity index is 1.54. The molecular weight excluding hydrogens is 398 g/mol. The number of nitrogens with zero attached hydrogens (tertiary/aromatic N) is 4. The molecule has 2 aromatic carbocycles. The van der Waals surface area contributed by atoms with Gasteiger partial charge in [-0.15, -0.1) is 10.2 Å². The maximum Gasteiger partial charge on any atom is 0.262 e. The zero-order valence-corrected chi connectivity index (χ0v) is 18.2. The zero-order chi connectivity index (χ0) is 21.5. The Kier molecular flexibility index (Phi) is 5.11. The number of carbonyl (C=O) groups excluding carboxylic acids is 1. The number of nitrogens with one attached hydrogen (secondary N) is 1. The van der Waals surface area contributed by atoms with Gasteiger partial charge in [0.25, 0.3) is 5.56 Å². The van der Waals surface area contributed by atoms with Crippen LogP contribution in [0.2, 0.25) is 0 Å². The van der Waals surface area contributed by atoms with Crippen molar-refractivity contribution in [2.75, 3.05) is 11.1 Å². The zero-order valence-electron chi connectivity index (χ0n) is 17.3. The van der Waals surface area contributed by atoms with Gasteiger partial charge in [0.15, 0.2) is 5.16 Å². The third-order valence-corrected chi connectivity index (χ3v) is 5.89. The molecule has 0 bridgehead atoms. The van der Waals surface area contributed by atoms with Gasteiger partial charge in [-0.3, -0.25) is 18.6 Å². The van der Waals surface area contributed by atoms with E-state index in [4.69, 9.17) is 0 Å². The Hall–Kier alpha value is -3.13. The number of para-hydroxylation sites is 1. The van der Waals surface area contributed by atoms with E-state index in [0.29, 0.717) is 16.3 Å². The number of carbonyl (C=O) groups is 1. The van der Waals surface area contributed by atoms with Gasteiger partial charge < -0.3 is 5.32 Å². The molecule has 0 saturated heterocycles. The van der Waals surface area contributed by atoms with Crippen molar-refractivity contribution in [2.45, 2.75) is 31.3 Å². The lowest BCUT2D eigenvalue weighted by Crippen LogP contribution is -2.20. The van der Waals surface area contributed by atoms with Crippen LogP contribution in [-0.4, -0.2) is 30.8 Å². The summed E-state index contributed by atoms with van der Waals surface area (Å²) >= 11 is 1.28. The lowest BCUT2D eigenvalue weighted by Gasteiger charge is -2.19. The van der Waals surface area contributed by atoms with E-state index >= 15 is 0 Å². The fraction of sp³-hybridized carbons (Fsp3) is 0.273. The first-order valence-corrected chi connectivity index (χ1v) is 10.6. The molecule has 8 heteroatoms. The number of amides is 1. The molecule has 0 aliphatic carbocycles. The van der Waals surface area contributed by atoms with Gasteiger partial charge in [-0.1, -0.05) is 56.8 Å². The quantitative estimate of drug-likeness (QED) is 0.509. The second-order valence-corrected chi connectivity index (χ2v) is 9.11. The van der Waals surface area contributed by atoms with Crippen LogP contribution in [0, 0.1) is 0 Å². The first-order chi connectivity index (χ1) is 14.3. The molecule has 0 spiro atoms. The average Bonchev–Trinajstić information content (AvgIpc) is 3.14. The van der Waals surface area contributed by atoms with E-state index in [1.54, 1.807) is 13.1 Å². The van der Waals surface area contributed by atoms with Crippen molar-refractivity contribution in [1.29, 1.82) is 0 Å². The van der Waals surface area contributed by atoms with Gasteiger partial charge in [-0.2, -0.15) is 0 Å². The van der Waals surface area contributed by atoms with Gasteiger partial charge in [0.2, 0.25) is 11.7 Å². The van der Waals surface area contributed by atoms with Crippen LogP contribution in [0.5, 0.6) is 0 Å². The van der Waals surface area contributed by atoms with Gasteiger partial charge in [0.1, 0.15) is 0 Å². The number of thioether (sulfide) groups is 1. The van der Waals surface area contributed by atoms with Crippen LogP contribution in [0.1, 0.15) is 26.3 Å². The molecule has 0 unspecified atom stereocenters. The van der Waals surface area contributed by atoms with Crippen LogP contribution in [0.3, 0.4) is 0 Å². The highest BCUT2D eigenvalue weighted by atomic mass is 32.2. The largest absolute Gasteiger partial charge is 0.325 e. The van der Waals surface area contributed by atoms with Gasteiger partial charge in [0.05, 0.1) is 16.7 Å². The molecule has 154 valence electrons. The molecule has 0 aliphatic rings. The van der Waals surface area contributed by atoms with Crippen molar-refractivity contribution in [3.63, 3.8) is 0 Å². The summed E-state index contributed by atoms with van der Waals surface area (Å²) in [6, 6.07) is 15.2. The second-order valence-electron chi connectivity index (χ2n) is 8.16. The van der Waals surface area contributed by atoms with Crippen molar-refractivity contribution in [3.05, 3.63) is 64.4 Å². The van der Waals surface area contributed by atoms with E-state index in [2.05, 4.69) is 36.3 Å². The SMILES string of the molecule is Cn1c(=O)c2ccccc2n2c(SCC(=O)Nc3ccc(C(C)(C)C)cc3)nnc12. The molecule has 2 aromatic heterocycles. The smallest absolute Gasteiger partial charge is 0.262 e. The molecule has 1 N–H and O–H groups in total. The molecule has 0 fully saturated rings. The average molecular weight is 422 g/mol. The van der Waals surface area contributed by atoms with Crippen LogP contribution in [0.15, 0.2) is 58.5 Å². The fourth-order valence-corrected chi connectivity index (χ4v) is 4.03. The van der Waals surface area contributed by atoms with Crippen molar-refractivity contribution in [3.8, 4) is 0 Å². The molecule has 0 atom stereocenters. The maximum absolute atomic E-state index is 12.5. The van der Waals surface area contributed by atoms with Crippen LogP contribution >= 0.6 is 11.8 Å². The van der Waals surface area contributed by atoms with Crippen LogP contribution in [0.4, 0.5) is 5.69 Å². The Bertz CT molecular complexity index is 1300. The summed E-state index contributed by atoms with van der Waals surface area (Å²) in [7, 11) is 1.67. The van der Waals surface area contributed by atoms with Gasteiger partial charge in [-0.05, 0) is 35.2 Å². The Morgan fingerprint density at radius 1 is 1.07 bits per heavy atom. The topological polar surface area (TPSA) is 81.3 Å². The summed E-state index contributed by atoms with van der Waals surface area (Å²) < 4.78 is 3.28. The summed E-state index contributed by atoms with van der Waals surface area (Å²) in [6.07, 6.45) is 0. The van der Waals surface area contributed by atoms with Crippen LogP contribution in [-0.2, 0) is 17.3 Å². The van der Waals surface area contributed by atoms with Gasteiger partial charge >= 0.3 is 0 Å². The highest BCUT2D eigenvalue weighted by Gasteiger charge is 2.16. The molecule has 1 amide bonds. The summed E-state index contributed by atoms with van der Waals surface area (Å²) in [6.45, 7) is 6.46. The van der Waals surface area contributed by atoms with E-state index in [0.717, 1.165) is 11.2 Å². The van der Waals surface area contributed by atoms with Crippen molar-refractivity contribution < 1.29 is 4.79 Å². The summed E-state index contributed by atoms with van der Waals surface area (Å²) in [5.74, 6) is 0.493. The predicted octanol–water partition coefficient (Wildman–Crippen LogP) is 3.61. The highest BCUT2D eigenvalue weighted by Crippen LogP contribution is 2.24. The Morgan fingerprint density at radius 2 is 1.77 bits per heavy atom. The third-order valence-electron chi connectivity index (χ3n) is 4.96. The minimum atomic E-state index is -0.130. The third kappa shape index (κ3) is 3.70. The normalized spacial score (nSPS) is 11.9. The Morgan fingerprint density at radius 3 is 2.47 bits per heavy atom. The van der Waals surface area contributed by atoms with E-state index in [1.165, 1.54) is 21.9 Å². The fourth-order valence-electron chi connectivity index (χ4n) is 3.29. The molecule has 0 saturated carbocycles. The predicted molar refractivity (Wildman–Crippen MR) is 120 cm³/mol.